The Kier molecular flexibility index (Phi) is 7.11. The summed E-state index contributed by atoms with van der Waals surface area (Å²) in [6, 6.07) is 6.22. The molecule has 1 unspecified atom stereocenters. The van der Waals surface area contributed by atoms with Crippen molar-refractivity contribution in [2.24, 2.45) is 0 Å². The van der Waals surface area contributed by atoms with Crippen LogP contribution >= 0.6 is 11.3 Å². The van der Waals surface area contributed by atoms with Gasteiger partial charge in [-0.3, -0.25) is 9.59 Å². The lowest BCUT2D eigenvalue weighted by Crippen LogP contribution is -2.39. The van der Waals surface area contributed by atoms with Crippen LogP contribution in [0, 0.1) is 5.82 Å². The molecular formula is C20H23FN2O4S. The maximum absolute atomic E-state index is 13.4. The van der Waals surface area contributed by atoms with Crippen LogP contribution < -0.4 is 0 Å². The van der Waals surface area contributed by atoms with Crippen LogP contribution in [0.5, 0.6) is 0 Å². The summed E-state index contributed by atoms with van der Waals surface area (Å²) in [6.07, 6.45) is 2.15. The molecule has 1 aliphatic rings. The second-order valence-electron chi connectivity index (χ2n) is 6.63. The molecule has 1 atom stereocenters. The van der Waals surface area contributed by atoms with E-state index in [0.29, 0.717) is 29.4 Å². The van der Waals surface area contributed by atoms with Gasteiger partial charge in [-0.25, -0.2) is 9.37 Å². The third-order valence-electron chi connectivity index (χ3n) is 4.57. The number of thiazole rings is 1. The maximum Gasteiger partial charge on any atom is 0.307 e. The zero-order valence-electron chi connectivity index (χ0n) is 15.7. The number of ether oxygens (including phenoxy) is 2. The fourth-order valence-electron chi connectivity index (χ4n) is 3.09. The van der Waals surface area contributed by atoms with E-state index in [-0.39, 0.29) is 43.2 Å². The van der Waals surface area contributed by atoms with Crippen LogP contribution in [0.1, 0.15) is 25.0 Å². The highest BCUT2D eigenvalue weighted by atomic mass is 32.1. The number of methoxy groups -OCH3 is 1. The number of nitrogens with zero attached hydrogens (tertiary/aromatic N) is 2. The van der Waals surface area contributed by atoms with E-state index in [4.69, 9.17) is 4.74 Å². The van der Waals surface area contributed by atoms with Crippen molar-refractivity contribution in [3.05, 3.63) is 41.2 Å². The molecule has 1 fully saturated rings. The van der Waals surface area contributed by atoms with Crippen molar-refractivity contribution in [3.63, 3.8) is 0 Å². The molecule has 1 aliphatic heterocycles. The Hall–Kier alpha value is -2.32. The summed E-state index contributed by atoms with van der Waals surface area (Å²) in [5.41, 5.74) is 1.32. The number of carbonyl (C=O) groups excluding carboxylic acids is 2. The molecule has 0 radical (unpaired) electrons. The highest BCUT2D eigenvalue weighted by molar-refractivity contribution is 7.13. The smallest absolute Gasteiger partial charge is 0.307 e. The molecule has 0 spiro atoms. The number of aromatic nitrogens is 1. The highest BCUT2D eigenvalue weighted by Gasteiger charge is 2.24. The van der Waals surface area contributed by atoms with Crippen molar-refractivity contribution in [3.8, 4) is 10.6 Å². The predicted octanol–water partition coefficient (Wildman–Crippen LogP) is 3.06. The fraction of sp³-hybridized carbons (Fsp3) is 0.450. The average molecular weight is 406 g/mol. The number of halogens is 1. The number of hydrogen-bond acceptors (Lipinski definition) is 6. The summed E-state index contributed by atoms with van der Waals surface area (Å²) < 4.78 is 23.7. The molecule has 28 heavy (non-hydrogen) atoms. The van der Waals surface area contributed by atoms with E-state index >= 15 is 0 Å². The molecule has 0 aliphatic carbocycles. The SMILES string of the molecule is COC(=O)CCN(CC1CCCO1)C(=O)Cc1csc(-c2cccc(F)c2)n1. The van der Waals surface area contributed by atoms with E-state index in [1.165, 1.54) is 30.6 Å². The average Bonchev–Trinajstić information content (AvgIpc) is 3.36. The lowest BCUT2D eigenvalue weighted by atomic mass is 10.2. The standard InChI is InChI=1S/C20H23FN2O4S/c1-26-19(25)7-8-23(12-17-6-3-9-27-17)18(24)11-16-13-28-20(22-16)14-4-2-5-15(21)10-14/h2,4-5,10,13,17H,3,6-9,11-12H2,1H3. The summed E-state index contributed by atoms with van der Waals surface area (Å²) in [5.74, 6) is -0.793. The Bertz CT molecular complexity index is 820. The van der Waals surface area contributed by atoms with Crippen LogP contribution in [-0.4, -0.2) is 54.7 Å². The van der Waals surface area contributed by atoms with Gasteiger partial charge in [0.2, 0.25) is 5.91 Å². The summed E-state index contributed by atoms with van der Waals surface area (Å²) >= 11 is 1.37. The molecule has 0 N–H and O–H groups in total. The summed E-state index contributed by atoms with van der Waals surface area (Å²) in [6.45, 7) is 1.44. The van der Waals surface area contributed by atoms with Crippen LogP contribution in [-0.2, 0) is 25.5 Å². The Morgan fingerprint density at radius 1 is 1.43 bits per heavy atom. The normalized spacial score (nSPS) is 16.1. The molecule has 0 saturated carbocycles. The minimum absolute atomic E-state index is 0.000106. The second-order valence-corrected chi connectivity index (χ2v) is 7.49. The molecule has 6 nitrogen and oxygen atoms in total. The summed E-state index contributed by atoms with van der Waals surface area (Å²) in [4.78, 5) is 30.4. The summed E-state index contributed by atoms with van der Waals surface area (Å²) in [7, 11) is 1.33. The number of benzene rings is 1. The quantitative estimate of drug-likeness (QED) is 0.631. The Morgan fingerprint density at radius 2 is 2.29 bits per heavy atom. The van der Waals surface area contributed by atoms with Gasteiger partial charge < -0.3 is 14.4 Å². The Balaban J connectivity index is 1.65. The van der Waals surface area contributed by atoms with E-state index in [1.54, 1.807) is 17.0 Å². The summed E-state index contributed by atoms with van der Waals surface area (Å²) in [5, 5.41) is 2.48. The Labute approximate surface area is 167 Å². The molecule has 1 amide bonds. The molecule has 1 aromatic heterocycles. The van der Waals surface area contributed by atoms with Gasteiger partial charge in [-0.1, -0.05) is 12.1 Å². The van der Waals surface area contributed by atoms with Gasteiger partial charge in [0.25, 0.3) is 0 Å². The number of rotatable bonds is 8. The number of esters is 1. The van der Waals surface area contributed by atoms with Crippen LogP contribution in [0.15, 0.2) is 29.6 Å². The third-order valence-corrected chi connectivity index (χ3v) is 5.51. The maximum atomic E-state index is 13.4. The van der Waals surface area contributed by atoms with E-state index in [1.807, 2.05) is 5.38 Å². The van der Waals surface area contributed by atoms with E-state index in [9.17, 15) is 14.0 Å². The first kappa shape index (κ1) is 20.4. The topological polar surface area (TPSA) is 68.7 Å². The van der Waals surface area contributed by atoms with Crippen molar-refractivity contribution >= 4 is 23.2 Å². The minimum atomic E-state index is -0.354. The second kappa shape index (κ2) is 9.75. The molecule has 3 rings (SSSR count). The van der Waals surface area contributed by atoms with Crippen LogP contribution in [0.3, 0.4) is 0 Å². The van der Waals surface area contributed by atoms with Crippen molar-refractivity contribution in [2.75, 3.05) is 26.8 Å². The minimum Gasteiger partial charge on any atom is -0.469 e. The molecule has 1 saturated heterocycles. The number of carbonyl (C=O) groups is 2. The first-order valence-electron chi connectivity index (χ1n) is 9.21. The zero-order chi connectivity index (χ0) is 19.9. The van der Waals surface area contributed by atoms with E-state index in [0.717, 1.165) is 12.8 Å². The highest BCUT2D eigenvalue weighted by Crippen LogP contribution is 2.25. The van der Waals surface area contributed by atoms with Crippen molar-refractivity contribution in [2.45, 2.75) is 31.8 Å². The van der Waals surface area contributed by atoms with Gasteiger partial charge in [-0.2, -0.15) is 0 Å². The van der Waals surface area contributed by atoms with Crippen LogP contribution in [0.25, 0.3) is 10.6 Å². The van der Waals surface area contributed by atoms with Crippen molar-refractivity contribution < 1.29 is 23.5 Å². The van der Waals surface area contributed by atoms with Gasteiger partial charge in [-0.15, -0.1) is 11.3 Å². The molecule has 1 aromatic carbocycles. The van der Waals surface area contributed by atoms with Crippen molar-refractivity contribution in [1.29, 1.82) is 0 Å². The zero-order valence-corrected chi connectivity index (χ0v) is 16.5. The molecule has 2 heterocycles. The lowest BCUT2D eigenvalue weighted by molar-refractivity contribution is -0.142. The fourth-order valence-corrected chi connectivity index (χ4v) is 3.91. The van der Waals surface area contributed by atoms with Gasteiger partial charge in [0.15, 0.2) is 0 Å². The first-order valence-corrected chi connectivity index (χ1v) is 10.1. The van der Waals surface area contributed by atoms with Gasteiger partial charge in [0.1, 0.15) is 10.8 Å². The predicted molar refractivity (Wildman–Crippen MR) is 103 cm³/mol. The van der Waals surface area contributed by atoms with E-state index in [2.05, 4.69) is 9.72 Å². The van der Waals surface area contributed by atoms with Gasteiger partial charge in [0.05, 0.1) is 31.7 Å². The number of hydrogen-bond donors (Lipinski definition) is 0. The Morgan fingerprint density at radius 3 is 3.00 bits per heavy atom. The molecule has 0 bridgehead atoms. The largest absolute Gasteiger partial charge is 0.469 e. The van der Waals surface area contributed by atoms with Crippen LogP contribution in [0.2, 0.25) is 0 Å². The first-order chi connectivity index (χ1) is 13.5. The van der Waals surface area contributed by atoms with Gasteiger partial charge in [0, 0.05) is 30.6 Å². The van der Waals surface area contributed by atoms with E-state index < -0.39 is 0 Å². The molecule has 150 valence electrons. The van der Waals surface area contributed by atoms with Gasteiger partial charge in [-0.05, 0) is 25.0 Å². The number of amides is 1. The monoisotopic (exact) mass is 406 g/mol. The molecule has 2 aromatic rings. The van der Waals surface area contributed by atoms with Gasteiger partial charge >= 0.3 is 5.97 Å². The van der Waals surface area contributed by atoms with Crippen LogP contribution in [0.4, 0.5) is 4.39 Å². The third kappa shape index (κ3) is 5.59. The lowest BCUT2D eigenvalue weighted by Gasteiger charge is -2.25. The molecule has 8 heteroatoms. The molecular weight excluding hydrogens is 383 g/mol. The van der Waals surface area contributed by atoms with Crippen molar-refractivity contribution in [1.82, 2.24) is 9.88 Å².